The number of methoxy groups -OCH3 is 1. The van der Waals surface area contributed by atoms with Crippen molar-refractivity contribution in [2.75, 3.05) is 7.11 Å². The number of nitrogens with two attached hydrogens (primary N) is 1. The van der Waals surface area contributed by atoms with Gasteiger partial charge < -0.3 is 15.2 Å². The van der Waals surface area contributed by atoms with Crippen LogP contribution in [0.2, 0.25) is 0 Å². The topological polar surface area (TPSA) is 44.5 Å². The van der Waals surface area contributed by atoms with E-state index in [9.17, 15) is 0 Å². The predicted molar refractivity (Wildman–Crippen MR) is 75.3 cm³/mol. The van der Waals surface area contributed by atoms with Gasteiger partial charge in [0.15, 0.2) is 0 Å². The van der Waals surface area contributed by atoms with Gasteiger partial charge in [0.1, 0.15) is 11.5 Å². The minimum Gasteiger partial charge on any atom is -0.497 e. The largest absolute Gasteiger partial charge is 0.497 e. The van der Waals surface area contributed by atoms with Crippen LogP contribution in [0.3, 0.4) is 0 Å². The van der Waals surface area contributed by atoms with Crippen molar-refractivity contribution < 1.29 is 9.47 Å². The molecule has 3 heteroatoms. The standard InChI is InChI=1S/C15H25NO2/c1-5-11(3)18-15-8-7-14(17-4)10-12(15)9-13(16)6-2/h7-8,10-11,13H,5-6,9,16H2,1-4H3. The highest BCUT2D eigenvalue weighted by atomic mass is 16.5. The molecule has 0 aromatic heterocycles. The molecule has 1 rings (SSSR count). The van der Waals surface area contributed by atoms with Crippen LogP contribution in [0, 0.1) is 0 Å². The summed E-state index contributed by atoms with van der Waals surface area (Å²) in [5.74, 6) is 1.78. The maximum Gasteiger partial charge on any atom is 0.123 e. The highest BCUT2D eigenvalue weighted by Gasteiger charge is 2.11. The van der Waals surface area contributed by atoms with Gasteiger partial charge in [-0.25, -0.2) is 0 Å². The van der Waals surface area contributed by atoms with Gasteiger partial charge in [-0.05, 0) is 49.9 Å². The maximum absolute atomic E-state index is 6.03. The molecule has 0 saturated heterocycles. The Bertz CT molecular complexity index is 366. The Hall–Kier alpha value is -1.22. The van der Waals surface area contributed by atoms with Crippen molar-refractivity contribution >= 4 is 0 Å². The molecule has 0 aliphatic heterocycles. The zero-order valence-electron chi connectivity index (χ0n) is 11.9. The SMILES string of the molecule is CCC(N)Cc1cc(OC)ccc1OC(C)CC. The third kappa shape index (κ3) is 4.22. The number of ether oxygens (including phenoxy) is 2. The first kappa shape index (κ1) is 14.8. The summed E-state index contributed by atoms with van der Waals surface area (Å²) in [6.07, 6.45) is 2.99. The fourth-order valence-corrected chi connectivity index (χ4v) is 1.68. The van der Waals surface area contributed by atoms with Crippen LogP contribution in [-0.2, 0) is 6.42 Å². The molecule has 0 saturated carbocycles. The fourth-order valence-electron chi connectivity index (χ4n) is 1.68. The Morgan fingerprint density at radius 2 is 1.94 bits per heavy atom. The van der Waals surface area contributed by atoms with Crippen molar-refractivity contribution in [2.24, 2.45) is 5.73 Å². The van der Waals surface area contributed by atoms with E-state index in [0.29, 0.717) is 0 Å². The smallest absolute Gasteiger partial charge is 0.123 e. The van der Waals surface area contributed by atoms with E-state index in [0.717, 1.165) is 36.3 Å². The number of hydrogen-bond acceptors (Lipinski definition) is 3. The van der Waals surface area contributed by atoms with E-state index in [-0.39, 0.29) is 12.1 Å². The molecular weight excluding hydrogens is 226 g/mol. The summed E-state index contributed by atoms with van der Waals surface area (Å²) in [6.45, 7) is 6.29. The molecule has 18 heavy (non-hydrogen) atoms. The second-order valence-corrected chi connectivity index (χ2v) is 4.68. The predicted octanol–water partition coefficient (Wildman–Crippen LogP) is 3.15. The molecule has 0 amide bonds. The van der Waals surface area contributed by atoms with E-state index >= 15 is 0 Å². The van der Waals surface area contributed by atoms with Crippen LogP contribution in [0.1, 0.15) is 39.2 Å². The van der Waals surface area contributed by atoms with Crippen molar-refractivity contribution in [1.29, 1.82) is 0 Å². The van der Waals surface area contributed by atoms with E-state index in [1.807, 2.05) is 18.2 Å². The van der Waals surface area contributed by atoms with E-state index in [4.69, 9.17) is 15.2 Å². The summed E-state index contributed by atoms with van der Waals surface area (Å²) in [6, 6.07) is 6.09. The van der Waals surface area contributed by atoms with Crippen molar-refractivity contribution in [2.45, 2.75) is 52.2 Å². The van der Waals surface area contributed by atoms with Crippen molar-refractivity contribution in [3.63, 3.8) is 0 Å². The molecule has 0 heterocycles. The van der Waals surface area contributed by atoms with Gasteiger partial charge in [0.25, 0.3) is 0 Å². The summed E-state index contributed by atoms with van der Waals surface area (Å²) in [7, 11) is 1.67. The van der Waals surface area contributed by atoms with Gasteiger partial charge in [-0.3, -0.25) is 0 Å². The van der Waals surface area contributed by atoms with Gasteiger partial charge >= 0.3 is 0 Å². The van der Waals surface area contributed by atoms with Crippen molar-refractivity contribution in [3.05, 3.63) is 23.8 Å². The molecule has 2 unspecified atom stereocenters. The number of benzene rings is 1. The molecule has 1 aromatic rings. The van der Waals surface area contributed by atoms with Crippen LogP contribution in [0.15, 0.2) is 18.2 Å². The fraction of sp³-hybridized carbons (Fsp3) is 0.600. The summed E-state index contributed by atoms with van der Waals surface area (Å²) in [5, 5.41) is 0. The maximum atomic E-state index is 6.03. The second-order valence-electron chi connectivity index (χ2n) is 4.68. The third-order valence-corrected chi connectivity index (χ3v) is 3.18. The zero-order valence-corrected chi connectivity index (χ0v) is 11.9. The average molecular weight is 251 g/mol. The monoisotopic (exact) mass is 251 g/mol. The number of hydrogen-bond donors (Lipinski definition) is 1. The van der Waals surface area contributed by atoms with Gasteiger partial charge in [-0.2, -0.15) is 0 Å². The normalized spacial score (nSPS) is 14.1. The highest BCUT2D eigenvalue weighted by molar-refractivity contribution is 5.41. The van der Waals surface area contributed by atoms with Crippen molar-refractivity contribution in [3.8, 4) is 11.5 Å². The summed E-state index contributed by atoms with van der Waals surface area (Å²) in [4.78, 5) is 0. The van der Waals surface area contributed by atoms with E-state index in [2.05, 4.69) is 20.8 Å². The van der Waals surface area contributed by atoms with E-state index in [1.165, 1.54) is 0 Å². The average Bonchev–Trinajstić information content (AvgIpc) is 2.40. The zero-order chi connectivity index (χ0) is 13.5. The quantitative estimate of drug-likeness (QED) is 0.809. The lowest BCUT2D eigenvalue weighted by Crippen LogP contribution is -2.22. The molecule has 0 fully saturated rings. The first-order valence-corrected chi connectivity index (χ1v) is 6.69. The van der Waals surface area contributed by atoms with Gasteiger partial charge in [-0.15, -0.1) is 0 Å². The van der Waals surface area contributed by atoms with Crippen LogP contribution in [0.4, 0.5) is 0 Å². The van der Waals surface area contributed by atoms with Crippen molar-refractivity contribution in [1.82, 2.24) is 0 Å². The minimum absolute atomic E-state index is 0.163. The molecule has 0 aliphatic carbocycles. The minimum atomic E-state index is 0.163. The number of rotatable bonds is 7. The molecule has 0 spiro atoms. The van der Waals surface area contributed by atoms with Gasteiger partial charge in [-0.1, -0.05) is 13.8 Å². The molecule has 0 aliphatic rings. The molecule has 0 radical (unpaired) electrons. The van der Waals surface area contributed by atoms with Crippen LogP contribution < -0.4 is 15.2 Å². The summed E-state index contributed by atoms with van der Waals surface area (Å²) >= 11 is 0. The van der Waals surface area contributed by atoms with Gasteiger partial charge in [0.2, 0.25) is 0 Å². The van der Waals surface area contributed by atoms with Crippen LogP contribution in [0.5, 0.6) is 11.5 Å². The Labute approximate surface area is 110 Å². The molecule has 3 nitrogen and oxygen atoms in total. The Balaban J connectivity index is 2.92. The summed E-state index contributed by atoms with van der Waals surface area (Å²) < 4.78 is 11.2. The van der Waals surface area contributed by atoms with E-state index < -0.39 is 0 Å². The van der Waals surface area contributed by atoms with Crippen LogP contribution in [-0.4, -0.2) is 19.3 Å². The molecule has 102 valence electrons. The Morgan fingerprint density at radius 1 is 1.22 bits per heavy atom. The molecule has 0 bridgehead atoms. The molecule has 1 aromatic carbocycles. The molecule has 2 N–H and O–H groups in total. The second kappa shape index (κ2) is 7.27. The van der Waals surface area contributed by atoms with Crippen LogP contribution >= 0.6 is 0 Å². The van der Waals surface area contributed by atoms with Gasteiger partial charge in [0.05, 0.1) is 13.2 Å². The Kier molecular flexibility index (Phi) is 5.99. The van der Waals surface area contributed by atoms with Crippen LogP contribution in [0.25, 0.3) is 0 Å². The highest BCUT2D eigenvalue weighted by Crippen LogP contribution is 2.26. The molecule has 2 atom stereocenters. The van der Waals surface area contributed by atoms with Gasteiger partial charge in [0, 0.05) is 6.04 Å². The first-order chi connectivity index (χ1) is 8.60. The lowest BCUT2D eigenvalue weighted by Gasteiger charge is -2.18. The van der Waals surface area contributed by atoms with E-state index in [1.54, 1.807) is 7.11 Å². The third-order valence-electron chi connectivity index (χ3n) is 3.18. The molecular formula is C15H25NO2. The summed E-state index contributed by atoms with van der Waals surface area (Å²) in [5.41, 5.74) is 7.16. The lowest BCUT2D eigenvalue weighted by atomic mass is 10.0. The lowest BCUT2D eigenvalue weighted by molar-refractivity contribution is 0.214. The Morgan fingerprint density at radius 3 is 2.50 bits per heavy atom. The first-order valence-electron chi connectivity index (χ1n) is 6.69.